The van der Waals surface area contributed by atoms with Crippen LogP contribution in [0.15, 0.2) is 36.7 Å². The van der Waals surface area contributed by atoms with Crippen molar-refractivity contribution in [2.45, 2.75) is 19.6 Å². The molecule has 1 amide bonds. The number of ether oxygens (including phenoxy) is 1. The number of anilines is 1. The molecule has 2 N–H and O–H groups in total. The Bertz CT molecular complexity index is 660. The maximum atomic E-state index is 12.2. The van der Waals surface area contributed by atoms with Gasteiger partial charge >= 0.3 is 0 Å². The number of hydrogen-bond donors (Lipinski definition) is 1. The largest absolute Gasteiger partial charge is 0.383 e. The first kappa shape index (κ1) is 14.5. The van der Waals surface area contributed by atoms with E-state index < -0.39 is 0 Å². The zero-order chi connectivity index (χ0) is 15.4. The van der Waals surface area contributed by atoms with E-state index in [1.807, 2.05) is 30.3 Å². The molecule has 0 spiro atoms. The maximum absolute atomic E-state index is 12.2. The highest BCUT2D eigenvalue weighted by molar-refractivity contribution is 5.77. The molecule has 2 heterocycles. The third-order valence-corrected chi connectivity index (χ3v) is 3.73. The molecular weight excluding hydrogens is 280 g/mol. The van der Waals surface area contributed by atoms with Crippen LogP contribution in [0, 0.1) is 0 Å². The van der Waals surface area contributed by atoms with E-state index in [1.165, 1.54) is 6.33 Å². The number of benzene rings is 1. The standard InChI is InChI=1S/C16H18N4O2/c17-16-13-6-7-20(8-14(13)18-11-19-16)15(21)10-22-9-12-4-2-1-3-5-12/h1-5,11H,6-10H2,(H2,17,18,19). The Morgan fingerprint density at radius 1 is 1.27 bits per heavy atom. The zero-order valence-electron chi connectivity index (χ0n) is 12.2. The van der Waals surface area contributed by atoms with Gasteiger partial charge < -0.3 is 15.4 Å². The molecule has 22 heavy (non-hydrogen) atoms. The second-order valence-corrected chi connectivity index (χ2v) is 5.23. The Morgan fingerprint density at radius 2 is 2.09 bits per heavy atom. The van der Waals surface area contributed by atoms with E-state index in [4.69, 9.17) is 10.5 Å². The number of nitrogens with zero attached hydrogens (tertiary/aromatic N) is 3. The Hall–Kier alpha value is -2.47. The molecule has 1 aromatic heterocycles. The number of nitrogens with two attached hydrogens (primary N) is 1. The van der Waals surface area contributed by atoms with Crippen molar-refractivity contribution in [1.29, 1.82) is 0 Å². The fourth-order valence-corrected chi connectivity index (χ4v) is 2.51. The normalized spacial score (nSPS) is 13.7. The molecule has 1 aliphatic rings. The number of fused-ring (bicyclic) bond motifs is 1. The molecule has 0 saturated heterocycles. The lowest BCUT2D eigenvalue weighted by molar-refractivity contribution is -0.137. The topological polar surface area (TPSA) is 81.3 Å². The zero-order valence-corrected chi connectivity index (χ0v) is 12.2. The van der Waals surface area contributed by atoms with Crippen LogP contribution >= 0.6 is 0 Å². The number of nitrogen functional groups attached to an aromatic ring is 1. The molecule has 3 rings (SSSR count). The maximum Gasteiger partial charge on any atom is 0.248 e. The number of aromatic nitrogens is 2. The van der Waals surface area contributed by atoms with Gasteiger partial charge in [-0.2, -0.15) is 0 Å². The van der Waals surface area contributed by atoms with Crippen molar-refractivity contribution in [1.82, 2.24) is 14.9 Å². The molecule has 6 heteroatoms. The molecule has 0 aliphatic carbocycles. The molecule has 0 atom stereocenters. The van der Waals surface area contributed by atoms with E-state index in [0.29, 0.717) is 31.9 Å². The number of amides is 1. The second-order valence-electron chi connectivity index (χ2n) is 5.23. The van der Waals surface area contributed by atoms with Crippen molar-refractivity contribution in [2.75, 3.05) is 18.9 Å². The van der Waals surface area contributed by atoms with Gasteiger partial charge in [-0.3, -0.25) is 4.79 Å². The number of carbonyl (C=O) groups excluding carboxylic acids is 1. The monoisotopic (exact) mass is 298 g/mol. The quantitative estimate of drug-likeness (QED) is 0.916. The predicted octanol–water partition coefficient (Wildman–Crippen LogP) is 1.16. The lowest BCUT2D eigenvalue weighted by Crippen LogP contribution is -2.39. The van der Waals surface area contributed by atoms with Crippen molar-refractivity contribution in [3.8, 4) is 0 Å². The van der Waals surface area contributed by atoms with Crippen LogP contribution in [-0.4, -0.2) is 33.9 Å². The summed E-state index contributed by atoms with van der Waals surface area (Å²) in [7, 11) is 0. The minimum Gasteiger partial charge on any atom is -0.383 e. The second kappa shape index (κ2) is 6.53. The summed E-state index contributed by atoms with van der Waals surface area (Å²) in [5.41, 5.74) is 8.67. The molecule has 2 aromatic rings. The average Bonchev–Trinajstić information content (AvgIpc) is 2.55. The van der Waals surface area contributed by atoms with Gasteiger partial charge in [-0.05, 0) is 12.0 Å². The molecule has 6 nitrogen and oxygen atoms in total. The third-order valence-electron chi connectivity index (χ3n) is 3.73. The average molecular weight is 298 g/mol. The van der Waals surface area contributed by atoms with Gasteiger partial charge in [-0.1, -0.05) is 30.3 Å². The number of carbonyl (C=O) groups is 1. The van der Waals surface area contributed by atoms with Gasteiger partial charge in [0, 0.05) is 12.1 Å². The van der Waals surface area contributed by atoms with Gasteiger partial charge in [0.2, 0.25) is 5.91 Å². The van der Waals surface area contributed by atoms with Crippen LogP contribution in [-0.2, 0) is 29.1 Å². The summed E-state index contributed by atoms with van der Waals surface area (Å²) in [6.07, 6.45) is 2.13. The summed E-state index contributed by atoms with van der Waals surface area (Å²) in [6.45, 7) is 1.60. The van der Waals surface area contributed by atoms with Crippen molar-refractivity contribution in [3.05, 3.63) is 53.5 Å². The minimum absolute atomic E-state index is 0.0289. The Morgan fingerprint density at radius 3 is 2.91 bits per heavy atom. The smallest absolute Gasteiger partial charge is 0.248 e. The fourth-order valence-electron chi connectivity index (χ4n) is 2.51. The first-order valence-corrected chi connectivity index (χ1v) is 7.21. The van der Waals surface area contributed by atoms with Crippen LogP contribution in [0.3, 0.4) is 0 Å². The van der Waals surface area contributed by atoms with Gasteiger partial charge in [0.15, 0.2) is 0 Å². The van der Waals surface area contributed by atoms with Gasteiger partial charge in [-0.25, -0.2) is 9.97 Å². The summed E-state index contributed by atoms with van der Waals surface area (Å²) in [4.78, 5) is 22.2. The van der Waals surface area contributed by atoms with E-state index in [0.717, 1.165) is 16.8 Å². The Kier molecular flexibility index (Phi) is 4.29. The Balaban J connectivity index is 1.53. The highest BCUT2D eigenvalue weighted by Crippen LogP contribution is 2.20. The summed E-state index contributed by atoms with van der Waals surface area (Å²) < 4.78 is 5.50. The molecular formula is C16H18N4O2. The van der Waals surface area contributed by atoms with Crippen LogP contribution in [0.1, 0.15) is 16.8 Å². The fraction of sp³-hybridized carbons (Fsp3) is 0.312. The highest BCUT2D eigenvalue weighted by atomic mass is 16.5. The van der Waals surface area contributed by atoms with Gasteiger partial charge in [0.25, 0.3) is 0 Å². The van der Waals surface area contributed by atoms with Crippen LogP contribution < -0.4 is 5.73 Å². The number of rotatable bonds is 4. The van der Waals surface area contributed by atoms with Crippen LogP contribution in [0.2, 0.25) is 0 Å². The van der Waals surface area contributed by atoms with Crippen LogP contribution in [0.25, 0.3) is 0 Å². The van der Waals surface area contributed by atoms with Crippen LogP contribution in [0.4, 0.5) is 5.82 Å². The highest BCUT2D eigenvalue weighted by Gasteiger charge is 2.23. The van der Waals surface area contributed by atoms with Crippen LogP contribution in [0.5, 0.6) is 0 Å². The molecule has 0 unspecified atom stereocenters. The third kappa shape index (κ3) is 3.23. The molecule has 0 fully saturated rings. The first-order chi connectivity index (χ1) is 10.7. The van der Waals surface area contributed by atoms with Crippen molar-refractivity contribution < 1.29 is 9.53 Å². The first-order valence-electron chi connectivity index (χ1n) is 7.21. The van der Waals surface area contributed by atoms with E-state index in [9.17, 15) is 4.79 Å². The molecule has 0 bridgehead atoms. The summed E-state index contributed by atoms with van der Waals surface area (Å²) in [5, 5.41) is 0. The number of hydrogen-bond acceptors (Lipinski definition) is 5. The van der Waals surface area contributed by atoms with Gasteiger partial charge in [0.05, 0.1) is 18.8 Å². The lowest BCUT2D eigenvalue weighted by Gasteiger charge is -2.28. The summed E-state index contributed by atoms with van der Waals surface area (Å²) in [5.74, 6) is 0.483. The van der Waals surface area contributed by atoms with E-state index >= 15 is 0 Å². The molecule has 1 aromatic carbocycles. The predicted molar refractivity (Wildman–Crippen MR) is 81.7 cm³/mol. The van der Waals surface area contributed by atoms with Gasteiger partial charge in [0.1, 0.15) is 18.8 Å². The van der Waals surface area contributed by atoms with Crippen molar-refractivity contribution >= 4 is 11.7 Å². The summed E-state index contributed by atoms with van der Waals surface area (Å²) in [6, 6.07) is 9.80. The van der Waals surface area contributed by atoms with Crippen molar-refractivity contribution in [2.24, 2.45) is 0 Å². The Labute approximate surface area is 128 Å². The molecule has 114 valence electrons. The van der Waals surface area contributed by atoms with Gasteiger partial charge in [-0.15, -0.1) is 0 Å². The van der Waals surface area contributed by atoms with Crippen molar-refractivity contribution in [3.63, 3.8) is 0 Å². The summed E-state index contributed by atoms with van der Waals surface area (Å²) >= 11 is 0. The van der Waals surface area contributed by atoms with E-state index in [-0.39, 0.29) is 12.5 Å². The lowest BCUT2D eigenvalue weighted by atomic mass is 10.1. The SMILES string of the molecule is Nc1ncnc2c1CCN(C(=O)COCc1ccccc1)C2. The molecule has 1 aliphatic heterocycles. The van der Waals surface area contributed by atoms with E-state index in [2.05, 4.69) is 9.97 Å². The van der Waals surface area contributed by atoms with E-state index in [1.54, 1.807) is 4.90 Å². The molecule has 0 radical (unpaired) electrons. The molecule has 0 saturated carbocycles. The minimum atomic E-state index is -0.0289.